The SMILES string of the molecule is CCNC(=NCc1cccc(NC(C)=O)c1)NCCc1ccc(-n2cccn2)cc1.I. The number of aromatic nitrogens is 2. The lowest BCUT2D eigenvalue weighted by molar-refractivity contribution is -0.114. The van der Waals surface area contributed by atoms with Gasteiger partial charge in [-0.1, -0.05) is 24.3 Å². The number of rotatable bonds is 8. The van der Waals surface area contributed by atoms with Crippen molar-refractivity contribution >= 4 is 41.5 Å². The van der Waals surface area contributed by atoms with Crippen LogP contribution in [0.2, 0.25) is 0 Å². The number of carbonyl (C=O) groups is 1. The molecule has 2 aromatic carbocycles. The van der Waals surface area contributed by atoms with Crippen LogP contribution in [-0.4, -0.2) is 34.7 Å². The average Bonchev–Trinajstić information content (AvgIpc) is 3.27. The molecule has 7 nitrogen and oxygen atoms in total. The summed E-state index contributed by atoms with van der Waals surface area (Å²) in [5.74, 6) is 0.693. The zero-order valence-electron chi connectivity index (χ0n) is 17.8. The van der Waals surface area contributed by atoms with Crippen molar-refractivity contribution in [2.24, 2.45) is 4.99 Å². The highest BCUT2D eigenvalue weighted by molar-refractivity contribution is 14.0. The van der Waals surface area contributed by atoms with Crippen LogP contribution in [-0.2, 0) is 17.8 Å². The number of carbonyl (C=O) groups excluding carboxylic acids is 1. The fraction of sp³-hybridized carbons (Fsp3) is 0.261. The molecule has 3 rings (SSSR count). The van der Waals surface area contributed by atoms with Gasteiger partial charge in [0, 0.05) is 38.1 Å². The molecule has 0 saturated heterocycles. The molecule has 0 radical (unpaired) electrons. The minimum absolute atomic E-state index is 0. The minimum Gasteiger partial charge on any atom is -0.357 e. The molecule has 0 atom stereocenters. The molecule has 0 bridgehead atoms. The number of nitrogens with one attached hydrogen (secondary N) is 3. The molecule has 0 aliphatic rings. The smallest absolute Gasteiger partial charge is 0.221 e. The second-order valence-corrected chi connectivity index (χ2v) is 6.87. The zero-order valence-corrected chi connectivity index (χ0v) is 20.2. The van der Waals surface area contributed by atoms with Crippen LogP contribution >= 0.6 is 24.0 Å². The van der Waals surface area contributed by atoms with E-state index in [0.717, 1.165) is 42.4 Å². The number of amides is 1. The maximum atomic E-state index is 11.2. The summed E-state index contributed by atoms with van der Waals surface area (Å²) in [6.07, 6.45) is 4.60. The topological polar surface area (TPSA) is 83.3 Å². The van der Waals surface area contributed by atoms with Gasteiger partial charge in [-0.2, -0.15) is 5.10 Å². The molecule has 0 aliphatic heterocycles. The predicted octanol–water partition coefficient (Wildman–Crippen LogP) is 3.75. The molecule has 0 unspecified atom stereocenters. The van der Waals surface area contributed by atoms with E-state index in [9.17, 15) is 4.79 Å². The molecule has 3 aromatic rings. The lowest BCUT2D eigenvalue weighted by atomic mass is 10.1. The number of halogens is 1. The summed E-state index contributed by atoms with van der Waals surface area (Å²) in [6, 6.07) is 18.0. The molecule has 1 aromatic heterocycles. The average molecular weight is 532 g/mol. The third-order valence-corrected chi connectivity index (χ3v) is 4.42. The Morgan fingerprint density at radius 2 is 1.87 bits per heavy atom. The van der Waals surface area contributed by atoms with E-state index in [-0.39, 0.29) is 29.9 Å². The number of guanidine groups is 1. The Morgan fingerprint density at radius 3 is 2.55 bits per heavy atom. The van der Waals surface area contributed by atoms with E-state index >= 15 is 0 Å². The van der Waals surface area contributed by atoms with Crippen LogP contribution < -0.4 is 16.0 Å². The van der Waals surface area contributed by atoms with E-state index in [4.69, 9.17) is 0 Å². The molecule has 0 spiro atoms. The summed E-state index contributed by atoms with van der Waals surface area (Å²) in [6.45, 7) is 5.64. The number of nitrogens with zero attached hydrogens (tertiary/aromatic N) is 3. The second-order valence-electron chi connectivity index (χ2n) is 6.87. The first-order chi connectivity index (χ1) is 14.6. The monoisotopic (exact) mass is 532 g/mol. The fourth-order valence-corrected chi connectivity index (χ4v) is 3.02. The van der Waals surface area contributed by atoms with Gasteiger partial charge < -0.3 is 16.0 Å². The van der Waals surface area contributed by atoms with Crippen molar-refractivity contribution < 1.29 is 4.79 Å². The molecule has 0 aliphatic carbocycles. The normalized spacial score (nSPS) is 10.8. The van der Waals surface area contributed by atoms with Gasteiger partial charge in [0.2, 0.25) is 5.91 Å². The van der Waals surface area contributed by atoms with E-state index in [1.165, 1.54) is 12.5 Å². The third kappa shape index (κ3) is 8.05. The number of benzene rings is 2. The van der Waals surface area contributed by atoms with Gasteiger partial charge in [0.25, 0.3) is 0 Å². The zero-order chi connectivity index (χ0) is 21.2. The van der Waals surface area contributed by atoms with E-state index < -0.39 is 0 Å². The van der Waals surface area contributed by atoms with E-state index in [1.807, 2.05) is 48.1 Å². The molecule has 8 heteroatoms. The molecular formula is C23H29IN6O. The lowest BCUT2D eigenvalue weighted by Crippen LogP contribution is -2.38. The van der Waals surface area contributed by atoms with Crippen molar-refractivity contribution in [1.82, 2.24) is 20.4 Å². The van der Waals surface area contributed by atoms with Gasteiger partial charge >= 0.3 is 0 Å². The van der Waals surface area contributed by atoms with Crippen LogP contribution in [0.15, 0.2) is 72.0 Å². The Morgan fingerprint density at radius 1 is 1.06 bits per heavy atom. The largest absolute Gasteiger partial charge is 0.357 e. The van der Waals surface area contributed by atoms with Crippen molar-refractivity contribution in [2.45, 2.75) is 26.8 Å². The lowest BCUT2D eigenvalue weighted by Gasteiger charge is -2.12. The molecule has 164 valence electrons. The quantitative estimate of drug-likeness (QED) is 0.235. The van der Waals surface area contributed by atoms with Gasteiger partial charge in [0.15, 0.2) is 5.96 Å². The highest BCUT2D eigenvalue weighted by Gasteiger charge is 2.01. The summed E-state index contributed by atoms with van der Waals surface area (Å²) in [5.41, 5.74) is 4.12. The molecule has 3 N–H and O–H groups in total. The van der Waals surface area contributed by atoms with Gasteiger partial charge in [0.1, 0.15) is 0 Å². The molecule has 0 fully saturated rings. The van der Waals surface area contributed by atoms with Crippen LogP contribution in [0.25, 0.3) is 5.69 Å². The summed E-state index contributed by atoms with van der Waals surface area (Å²) in [5, 5.41) is 13.7. The van der Waals surface area contributed by atoms with Crippen molar-refractivity contribution in [1.29, 1.82) is 0 Å². The van der Waals surface area contributed by atoms with E-state index in [1.54, 1.807) is 6.20 Å². The van der Waals surface area contributed by atoms with Crippen LogP contribution in [0, 0.1) is 0 Å². The molecule has 1 heterocycles. The number of hydrogen-bond donors (Lipinski definition) is 3. The maximum Gasteiger partial charge on any atom is 0.221 e. The van der Waals surface area contributed by atoms with Crippen molar-refractivity contribution in [3.63, 3.8) is 0 Å². The van der Waals surface area contributed by atoms with Crippen molar-refractivity contribution in [3.05, 3.63) is 78.1 Å². The Hall–Kier alpha value is -2.88. The van der Waals surface area contributed by atoms with Crippen LogP contribution in [0.5, 0.6) is 0 Å². The van der Waals surface area contributed by atoms with Crippen LogP contribution in [0.4, 0.5) is 5.69 Å². The predicted molar refractivity (Wildman–Crippen MR) is 136 cm³/mol. The third-order valence-electron chi connectivity index (χ3n) is 4.42. The van der Waals surface area contributed by atoms with Crippen LogP contribution in [0.3, 0.4) is 0 Å². The Bertz CT molecular complexity index is 970. The first-order valence-corrected chi connectivity index (χ1v) is 10.1. The number of hydrogen-bond acceptors (Lipinski definition) is 3. The van der Waals surface area contributed by atoms with Gasteiger partial charge in [0.05, 0.1) is 12.2 Å². The fourth-order valence-electron chi connectivity index (χ4n) is 3.02. The Kier molecular flexibility index (Phi) is 10.0. The van der Waals surface area contributed by atoms with Gasteiger partial charge in [-0.15, -0.1) is 24.0 Å². The van der Waals surface area contributed by atoms with Gasteiger partial charge in [-0.05, 0) is 54.8 Å². The Balaban J connectivity index is 0.00000341. The number of aliphatic imine (C=N–C) groups is 1. The summed E-state index contributed by atoms with van der Waals surface area (Å²) in [7, 11) is 0. The second kappa shape index (κ2) is 12.7. The van der Waals surface area contributed by atoms with Crippen molar-refractivity contribution in [3.8, 4) is 5.69 Å². The highest BCUT2D eigenvalue weighted by atomic mass is 127. The van der Waals surface area contributed by atoms with E-state index in [0.29, 0.717) is 6.54 Å². The molecule has 1 amide bonds. The van der Waals surface area contributed by atoms with Gasteiger partial charge in [-0.25, -0.2) is 9.67 Å². The maximum absolute atomic E-state index is 11.2. The standard InChI is InChI=1S/C23H28N6O.HI/c1-3-24-23(26-17-20-6-4-7-21(16-20)28-18(2)30)25-14-12-19-8-10-22(11-9-19)29-15-5-13-27-29;/h4-11,13,15-16H,3,12,14,17H2,1-2H3,(H,28,30)(H2,24,25,26);1H. The van der Waals surface area contributed by atoms with E-state index in [2.05, 4.69) is 50.3 Å². The van der Waals surface area contributed by atoms with Crippen LogP contribution in [0.1, 0.15) is 25.0 Å². The highest BCUT2D eigenvalue weighted by Crippen LogP contribution is 2.12. The minimum atomic E-state index is -0.0803. The summed E-state index contributed by atoms with van der Waals surface area (Å²) >= 11 is 0. The summed E-state index contributed by atoms with van der Waals surface area (Å²) < 4.78 is 1.85. The molecular weight excluding hydrogens is 503 g/mol. The molecule has 0 saturated carbocycles. The number of anilines is 1. The van der Waals surface area contributed by atoms with Gasteiger partial charge in [-0.3, -0.25) is 4.79 Å². The molecule has 31 heavy (non-hydrogen) atoms. The summed E-state index contributed by atoms with van der Waals surface area (Å²) in [4.78, 5) is 15.9. The first kappa shape index (κ1) is 24.4. The Labute approximate surface area is 200 Å². The first-order valence-electron chi connectivity index (χ1n) is 10.1. The van der Waals surface area contributed by atoms with Crippen molar-refractivity contribution in [2.75, 3.05) is 18.4 Å².